The predicted molar refractivity (Wildman–Crippen MR) is 54.7 cm³/mol. The van der Waals surface area contributed by atoms with E-state index in [1.807, 2.05) is 11.9 Å². The van der Waals surface area contributed by atoms with E-state index in [1.54, 1.807) is 12.1 Å². The van der Waals surface area contributed by atoms with Gasteiger partial charge in [-0.3, -0.25) is 0 Å². The minimum Gasteiger partial charge on any atom is -0.390 e. The highest BCUT2D eigenvalue weighted by Gasteiger charge is 2.06. The first-order chi connectivity index (χ1) is 6.63. The van der Waals surface area contributed by atoms with Gasteiger partial charge in [0.05, 0.1) is 6.10 Å². The normalized spacial score (nSPS) is 12.6. The van der Waals surface area contributed by atoms with E-state index in [4.69, 9.17) is 5.73 Å². The first-order valence-electron chi connectivity index (χ1n) is 4.48. The molecule has 3 N–H and O–H groups in total. The average molecular weight is 198 g/mol. The second-order valence-corrected chi connectivity index (χ2v) is 3.25. The van der Waals surface area contributed by atoms with Gasteiger partial charge in [0.2, 0.25) is 0 Å². The third-order valence-electron chi connectivity index (χ3n) is 2.02. The molecule has 0 aliphatic carbocycles. The zero-order valence-corrected chi connectivity index (χ0v) is 8.15. The lowest BCUT2D eigenvalue weighted by atomic mass is 10.2. The van der Waals surface area contributed by atoms with Crippen LogP contribution < -0.4 is 10.6 Å². The molecular formula is C10H15FN2O. The van der Waals surface area contributed by atoms with Crippen molar-refractivity contribution in [1.29, 1.82) is 0 Å². The highest BCUT2D eigenvalue weighted by molar-refractivity contribution is 5.45. The molecule has 0 bridgehead atoms. The van der Waals surface area contributed by atoms with Crippen molar-refractivity contribution in [2.45, 2.75) is 6.10 Å². The van der Waals surface area contributed by atoms with E-state index < -0.39 is 6.10 Å². The van der Waals surface area contributed by atoms with E-state index in [0.29, 0.717) is 6.54 Å². The fourth-order valence-corrected chi connectivity index (χ4v) is 1.19. The van der Waals surface area contributed by atoms with Crippen LogP contribution in [-0.2, 0) is 0 Å². The molecule has 4 heteroatoms. The Morgan fingerprint density at radius 1 is 1.43 bits per heavy atom. The molecule has 14 heavy (non-hydrogen) atoms. The van der Waals surface area contributed by atoms with E-state index in [-0.39, 0.29) is 12.4 Å². The van der Waals surface area contributed by atoms with Crippen molar-refractivity contribution in [3.63, 3.8) is 0 Å². The summed E-state index contributed by atoms with van der Waals surface area (Å²) < 4.78 is 12.6. The number of aliphatic hydroxyl groups is 1. The number of anilines is 1. The summed E-state index contributed by atoms with van der Waals surface area (Å²) in [6.07, 6.45) is -0.551. The number of nitrogens with zero attached hydrogens (tertiary/aromatic N) is 1. The van der Waals surface area contributed by atoms with Crippen LogP contribution in [0.15, 0.2) is 24.3 Å². The van der Waals surface area contributed by atoms with Gasteiger partial charge in [0, 0.05) is 25.8 Å². The number of rotatable bonds is 4. The summed E-state index contributed by atoms with van der Waals surface area (Å²) in [5.41, 5.74) is 6.15. The Morgan fingerprint density at radius 3 is 2.50 bits per heavy atom. The summed E-state index contributed by atoms with van der Waals surface area (Å²) >= 11 is 0. The smallest absolute Gasteiger partial charge is 0.123 e. The molecule has 1 aromatic rings. The van der Waals surface area contributed by atoms with Crippen molar-refractivity contribution in [3.05, 3.63) is 30.1 Å². The fourth-order valence-electron chi connectivity index (χ4n) is 1.19. The lowest BCUT2D eigenvalue weighted by molar-refractivity contribution is 0.189. The molecule has 0 heterocycles. The second-order valence-electron chi connectivity index (χ2n) is 3.25. The van der Waals surface area contributed by atoms with Gasteiger partial charge in [0.15, 0.2) is 0 Å². The highest BCUT2D eigenvalue weighted by atomic mass is 19.1. The lowest BCUT2D eigenvalue weighted by Crippen LogP contribution is -2.34. The number of nitrogens with two attached hydrogens (primary N) is 1. The minimum atomic E-state index is -0.551. The maximum Gasteiger partial charge on any atom is 0.123 e. The number of benzene rings is 1. The molecule has 0 radical (unpaired) electrons. The van der Waals surface area contributed by atoms with E-state index in [1.165, 1.54) is 12.1 Å². The Hall–Kier alpha value is -1.13. The van der Waals surface area contributed by atoms with Gasteiger partial charge < -0.3 is 15.7 Å². The summed E-state index contributed by atoms with van der Waals surface area (Å²) in [5, 5.41) is 9.30. The topological polar surface area (TPSA) is 49.5 Å². The summed E-state index contributed by atoms with van der Waals surface area (Å²) in [6.45, 7) is 0.674. The number of likely N-dealkylation sites (N-methyl/N-ethyl adjacent to an activating group) is 1. The molecule has 0 fully saturated rings. The maximum atomic E-state index is 12.6. The maximum absolute atomic E-state index is 12.6. The van der Waals surface area contributed by atoms with Crippen LogP contribution in [0.5, 0.6) is 0 Å². The molecule has 0 saturated heterocycles. The number of halogens is 1. The fraction of sp³-hybridized carbons (Fsp3) is 0.400. The van der Waals surface area contributed by atoms with E-state index >= 15 is 0 Å². The molecule has 0 aliphatic rings. The van der Waals surface area contributed by atoms with Gasteiger partial charge in [-0.2, -0.15) is 0 Å². The zero-order chi connectivity index (χ0) is 10.6. The summed E-state index contributed by atoms with van der Waals surface area (Å²) in [5.74, 6) is -0.262. The number of hydrogen-bond acceptors (Lipinski definition) is 3. The molecule has 1 atom stereocenters. The van der Waals surface area contributed by atoms with Crippen molar-refractivity contribution in [3.8, 4) is 0 Å². The molecule has 0 spiro atoms. The van der Waals surface area contributed by atoms with Crippen molar-refractivity contribution >= 4 is 5.69 Å². The molecule has 78 valence electrons. The molecule has 0 amide bonds. The molecule has 0 aliphatic heterocycles. The Balaban J connectivity index is 2.60. The van der Waals surface area contributed by atoms with Crippen molar-refractivity contribution < 1.29 is 9.50 Å². The molecule has 3 nitrogen and oxygen atoms in total. The van der Waals surface area contributed by atoms with Gasteiger partial charge in [-0.15, -0.1) is 0 Å². The Morgan fingerprint density at radius 2 is 2.00 bits per heavy atom. The molecular weight excluding hydrogens is 183 g/mol. The van der Waals surface area contributed by atoms with Gasteiger partial charge >= 0.3 is 0 Å². The SMILES string of the molecule is CN(CC(O)CN)c1ccc(F)cc1. The van der Waals surface area contributed by atoms with Crippen molar-refractivity contribution in [2.75, 3.05) is 25.0 Å². The highest BCUT2D eigenvalue weighted by Crippen LogP contribution is 2.12. The van der Waals surface area contributed by atoms with E-state index in [0.717, 1.165) is 5.69 Å². The van der Waals surface area contributed by atoms with Crippen LogP contribution in [0.25, 0.3) is 0 Å². The largest absolute Gasteiger partial charge is 0.390 e. The third kappa shape index (κ3) is 2.97. The van der Waals surface area contributed by atoms with E-state index in [2.05, 4.69) is 0 Å². The van der Waals surface area contributed by atoms with Gasteiger partial charge in [0.1, 0.15) is 5.82 Å². The summed E-state index contributed by atoms with van der Waals surface area (Å²) in [7, 11) is 1.83. The van der Waals surface area contributed by atoms with Crippen LogP contribution in [0, 0.1) is 5.82 Å². The third-order valence-corrected chi connectivity index (χ3v) is 2.02. The van der Waals surface area contributed by atoms with Crippen LogP contribution in [-0.4, -0.2) is 31.3 Å². The van der Waals surface area contributed by atoms with E-state index in [9.17, 15) is 9.50 Å². The van der Waals surface area contributed by atoms with Gasteiger partial charge in [-0.25, -0.2) is 4.39 Å². The predicted octanol–water partition coefficient (Wildman–Crippen LogP) is 0.581. The second kappa shape index (κ2) is 4.93. The molecule has 1 aromatic carbocycles. The minimum absolute atomic E-state index is 0.228. The zero-order valence-electron chi connectivity index (χ0n) is 8.15. The van der Waals surface area contributed by atoms with Crippen LogP contribution >= 0.6 is 0 Å². The monoisotopic (exact) mass is 198 g/mol. The Kier molecular flexibility index (Phi) is 3.85. The first-order valence-corrected chi connectivity index (χ1v) is 4.48. The van der Waals surface area contributed by atoms with Gasteiger partial charge in [-0.1, -0.05) is 0 Å². The van der Waals surface area contributed by atoms with Crippen LogP contribution in [0.1, 0.15) is 0 Å². The standard InChI is InChI=1S/C10H15FN2O/c1-13(7-10(14)6-12)9-4-2-8(11)3-5-9/h2-5,10,14H,6-7,12H2,1H3. The molecule has 1 unspecified atom stereocenters. The molecule has 1 rings (SSSR count). The average Bonchev–Trinajstić information content (AvgIpc) is 2.18. The van der Waals surface area contributed by atoms with Crippen LogP contribution in [0.4, 0.5) is 10.1 Å². The van der Waals surface area contributed by atoms with Crippen LogP contribution in [0.3, 0.4) is 0 Å². The first kappa shape index (κ1) is 10.9. The van der Waals surface area contributed by atoms with Crippen LogP contribution in [0.2, 0.25) is 0 Å². The van der Waals surface area contributed by atoms with Gasteiger partial charge in [0.25, 0.3) is 0 Å². The Labute approximate surface area is 83.0 Å². The quantitative estimate of drug-likeness (QED) is 0.744. The lowest BCUT2D eigenvalue weighted by Gasteiger charge is -2.21. The number of aliphatic hydroxyl groups excluding tert-OH is 1. The molecule has 0 saturated carbocycles. The number of hydrogen-bond donors (Lipinski definition) is 2. The van der Waals surface area contributed by atoms with Crippen molar-refractivity contribution in [1.82, 2.24) is 0 Å². The summed E-state index contributed by atoms with van der Waals surface area (Å²) in [6, 6.07) is 6.11. The Bertz CT molecular complexity index is 276. The van der Waals surface area contributed by atoms with Gasteiger partial charge in [-0.05, 0) is 24.3 Å². The summed E-state index contributed by atoms with van der Waals surface area (Å²) in [4.78, 5) is 1.83. The van der Waals surface area contributed by atoms with Crippen molar-refractivity contribution in [2.24, 2.45) is 5.73 Å². The molecule has 0 aromatic heterocycles.